The number of ether oxygens (including phenoxy) is 2. The lowest BCUT2D eigenvalue weighted by Gasteiger charge is -2.20. The summed E-state index contributed by atoms with van der Waals surface area (Å²) in [5.74, 6) is -2.77. The minimum absolute atomic E-state index is 0.0340. The third kappa shape index (κ3) is 6.20. The van der Waals surface area contributed by atoms with Crippen molar-refractivity contribution in [2.45, 2.75) is 25.6 Å². The highest BCUT2D eigenvalue weighted by Gasteiger charge is 2.41. The van der Waals surface area contributed by atoms with Gasteiger partial charge in [0.05, 0.1) is 18.9 Å². The van der Waals surface area contributed by atoms with Crippen LogP contribution < -0.4 is 14.2 Å². The summed E-state index contributed by atoms with van der Waals surface area (Å²) in [6.45, 7) is 1.29. The van der Waals surface area contributed by atoms with Crippen molar-refractivity contribution in [3.8, 4) is 22.8 Å². The Morgan fingerprint density at radius 1 is 1.29 bits per heavy atom. The molecule has 0 aliphatic heterocycles. The molecule has 1 aromatic heterocycles. The second-order valence-electron chi connectivity index (χ2n) is 6.30. The number of carbonyl (C=O) groups excluding carboxylic acids is 1. The maximum atomic E-state index is 14.5. The molecule has 0 saturated carbocycles. The van der Waals surface area contributed by atoms with Crippen molar-refractivity contribution in [2.24, 2.45) is 0 Å². The van der Waals surface area contributed by atoms with Crippen LogP contribution in [0.2, 0.25) is 5.02 Å². The fourth-order valence-corrected chi connectivity index (χ4v) is 3.18. The van der Waals surface area contributed by atoms with E-state index in [1.807, 2.05) is 0 Å². The summed E-state index contributed by atoms with van der Waals surface area (Å²) >= 11 is 6.00. The van der Waals surface area contributed by atoms with Crippen LogP contribution in [0.1, 0.15) is 23.7 Å². The maximum Gasteiger partial charge on any atom is 0.425 e. The smallest absolute Gasteiger partial charge is 0.425 e. The summed E-state index contributed by atoms with van der Waals surface area (Å²) in [7, 11) is -2.71. The molecule has 1 amide bonds. The Labute approximate surface area is 180 Å². The van der Waals surface area contributed by atoms with Crippen LogP contribution in [0.15, 0.2) is 24.4 Å². The summed E-state index contributed by atoms with van der Waals surface area (Å²) in [5.41, 5.74) is -0.371. The topological polar surface area (TPSA) is 94.6 Å². The standard InChI is InChI=1S/C18H17ClF4N2O5S/c1-4-15(18(21,22)23)30-17-12(19)5-9(8-24-17)10-6-13(20)11(7-14(10)29-2)16(26)25-31(3,27)28/h5-8,15H,4H2,1-3H3,(H,25,26)/t15-/m0/s1. The van der Waals surface area contributed by atoms with Crippen LogP contribution in [0.25, 0.3) is 11.1 Å². The van der Waals surface area contributed by atoms with Crippen molar-refractivity contribution in [1.29, 1.82) is 0 Å². The number of amides is 1. The highest BCUT2D eigenvalue weighted by atomic mass is 35.5. The molecule has 0 fully saturated rings. The van der Waals surface area contributed by atoms with Gasteiger partial charge >= 0.3 is 6.18 Å². The number of nitrogens with one attached hydrogen (secondary N) is 1. The average Bonchev–Trinajstić information content (AvgIpc) is 2.64. The summed E-state index contributed by atoms with van der Waals surface area (Å²) in [5, 5.41) is -0.262. The quantitative estimate of drug-likeness (QED) is 0.598. The lowest BCUT2D eigenvalue weighted by molar-refractivity contribution is -0.196. The second-order valence-corrected chi connectivity index (χ2v) is 8.46. The van der Waals surface area contributed by atoms with E-state index in [4.69, 9.17) is 21.1 Å². The van der Waals surface area contributed by atoms with Gasteiger partial charge in [-0.05, 0) is 24.6 Å². The van der Waals surface area contributed by atoms with Crippen molar-refractivity contribution in [1.82, 2.24) is 9.71 Å². The molecule has 7 nitrogen and oxygen atoms in total. The molecule has 0 bridgehead atoms. The first-order chi connectivity index (χ1) is 14.3. The Hall–Kier alpha value is -2.60. The molecule has 1 N–H and O–H groups in total. The van der Waals surface area contributed by atoms with E-state index in [9.17, 15) is 30.8 Å². The third-order valence-corrected chi connectivity index (χ3v) is 4.75. The zero-order chi connectivity index (χ0) is 23.6. The lowest BCUT2D eigenvalue weighted by Crippen LogP contribution is -2.34. The number of methoxy groups -OCH3 is 1. The van der Waals surface area contributed by atoms with E-state index < -0.39 is 45.5 Å². The van der Waals surface area contributed by atoms with Crippen molar-refractivity contribution >= 4 is 27.5 Å². The normalized spacial score (nSPS) is 12.9. The fourth-order valence-electron chi connectivity index (χ4n) is 2.52. The number of aromatic nitrogens is 1. The van der Waals surface area contributed by atoms with Crippen LogP contribution in [-0.2, 0) is 10.0 Å². The molecule has 0 spiro atoms. The molecular formula is C18H17ClF4N2O5S. The molecule has 1 heterocycles. The maximum absolute atomic E-state index is 14.5. The van der Waals surface area contributed by atoms with Crippen molar-refractivity contribution in [3.05, 3.63) is 40.8 Å². The van der Waals surface area contributed by atoms with Crippen molar-refractivity contribution in [2.75, 3.05) is 13.4 Å². The molecule has 2 aromatic rings. The molecule has 13 heteroatoms. The SMILES string of the molecule is CC[C@H](Oc1ncc(-c2cc(F)c(C(=O)NS(C)(=O)=O)cc2OC)cc1Cl)C(F)(F)F. The number of hydrogen-bond donors (Lipinski definition) is 1. The van der Waals surface area contributed by atoms with E-state index in [-0.39, 0.29) is 28.3 Å². The summed E-state index contributed by atoms with van der Waals surface area (Å²) < 4.78 is 87.2. The summed E-state index contributed by atoms with van der Waals surface area (Å²) in [6.07, 6.45) is -5.26. The molecular weight excluding hydrogens is 468 g/mol. The zero-order valence-electron chi connectivity index (χ0n) is 16.4. The predicted octanol–water partition coefficient (Wildman–Crippen LogP) is 3.96. The zero-order valence-corrected chi connectivity index (χ0v) is 18.0. The Morgan fingerprint density at radius 3 is 2.42 bits per heavy atom. The third-order valence-electron chi connectivity index (χ3n) is 3.92. The largest absolute Gasteiger partial charge is 0.496 e. The summed E-state index contributed by atoms with van der Waals surface area (Å²) in [4.78, 5) is 15.8. The molecule has 0 unspecified atom stereocenters. The lowest BCUT2D eigenvalue weighted by atomic mass is 10.0. The summed E-state index contributed by atoms with van der Waals surface area (Å²) in [6, 6.07) is 3.05. The Morgan fingerprint density at radius 2 is 1.94 bits per heavy atom. The Balaban J connectivity index is 2.43. The fraction of sp³-hybridized carbons (Fsp3) is 0.333. The molecule has 0 aliphatic rings. The number of benzene rings is 1. The van der Waals surface area contributed by atoms with E-state index in [1.165, 1.54) is 20.1 Å². The van der Waals surface area contributed by atoms with Crippen LogP contribution in [0, 0.1) is 5.82 Å². The highest BCUT2D eigenvalue weighted by molar-refractivity contribution is 7.89. The Kier molecular flexibility index (Phi) is 7.37. The first-order valence-corrected chi connectivity index (χ1v) is 10.8. The number of rotatable bonds is 7. The highest BCUT2D eigenvalue weighted by Crippen LogP contribution is 2.36. The van der Waals surface area contributed by atoms with Gasteiger partial charge in [-0.15, -0.1) is 0 Å². The van der Waals surface area contributed by atoms with Gasteiger partial charge in [-0.3, -0.25) is 4.79 Å². The van der Waals surface area contributed by atoms with Crippen molar-refractivity contribution < 1.29 is 40.2 Å². The number of pyridine rings is 1. The predicted molar refractivity (Wildman–Crippen MR) is 104 cm³/mol. The molecule has 170 valence electrons. The molecule has 1 atom stereocenters. The first-order valence-electron chi connectivity index (χ1n) is 8.55. The first kappa shape index (κ1) is 24.7. The number of carbonyl (C=O) groups is 1. The van der Waals surface area contributed by atoms with E-state index in [1.54, 1.807) is 4.72 Å². The Bertz CT molecular complexity index is 1090. The number of alkyl halides is 3. The number of hydrogen-bond acceptors (Lipinski definition) is 6. The monoisotopic (exact) mass is 484 g/mol. The van der Waals surface area contributed by atoms with Crippen LogP contribution in [-0.4, -0.2) is 45.0 Å². The van der Waals surface area contributed by atoms with E-state index in [0.717, 1.165) is 24.6 Å². The number of nitrogens with zero attached hydrogens (tertiary/aromatic N) is 1. The molecule has 2 rings (SSSR count). The van der Waals surface area contributed by atoms with Crippen LogP contribution in [0.3, 0.4) is 0 Å². The average molecular weight is 485 g/mol. The van der Waals surface area contributed by atoms with Crippen molar-refractivity contribution in [3.63, 3.8) is 0 Å². The van der Waals surface area contributed by atoms with Gasteiger partial charge in [-0.1, -0.05) is 18.5 Å². The van der Waals surface area contributed by atoms with Crippen LogP contribution in [0.5, 0.6) is 11.6 Å². The minimum atomic E-state index is -4.62. The van der Waals surface area contributed by atoms with Crippen LogP contribution in [0.4, 0.5) is 17.6 Å². The minimum Gasteiger partial charge on any atom is -0.496 e. The molecule has 1 aromatic carbocycles. The van der Waals surface area contributed by atoms with Gasteiger partial charge in [0.25, 0.3) is 5.91 Å². The second kappa shape index (κ2) is 9.27. The van der Waals surface area contributed by atoms with E-state index in [0.29, 0.717) is 0 Å². The van der Waals surface area contributed by atoms with Gasteiger partial charge in [0.15, 0.2) is 6.10 Å². The molecule has 0 radical (unpaired) electrons. The van der Waals surface area contributed by atoms with E-state index >= 15 is 0 Å². The van der Waals surface area contributed by atoms with Gasteiger partial charge in [-0.2, -0.15) is 13.2 Å². The van der Waals surface area contributed by atoms with E-state index in [2.05, 4.69) is 4.98 Å². The van der Waals surface area contributed by atoms with Gasteiger partial charge in [0.2, 0.25) is 15.9 Å². The number of sulfonamides is 1. The van der Waals surface area contributed by atoms with Gasteiger partial charge in [0, 0.05) is 17.3 Å². The van der Waals surface area contributed by atoms with Gasteiger partial charge in [0.1, 0.15) is 16.6 Å². The molecule has 31 heavy (non-hydrogen) atoms. The molecule has 0 aliphatic carbocycles. The molecule has 0 saturated heterocycles. The van der Waals surface area contributed by atoms with Gasteiger partial charge in [-0.25, -0.2) is 22.5 Å². The number of halogens is 5. The van der Waals surface area contributed by atoms with Gasteiger partial charge < -0.3 is 9.47 Å². The van der Waals surface area contributed by atoms with Crippen LogP contribution >= 0.6 is 11.6 Å².